The van der Waals surface area contributed by atoms with Crippen LogP contribution in [-0.2, 0) is 6.61 Å². The van der Waals surface area contributed by atoms with Crippen LogP contribution in [0.15, 0.2) is 71.2 Å². The molecule has 3 aromatic rings. The third-order valence-electron chi connectivity index (χ3n) is 4.37. The Morgan fingerprint density at radius 1 is 1.10 bits per heavy atom. The first-order chi connectivity index (χ1) is 14.9. The van der Waals surface area contributed by atoms with Gasteiger partial charge >= 0.3 is 5.97 Å². The zero-order chi connectivity index (χ0) is 22.4. The number of allylic oxidation sites excluding steroid dienone is 1. The molecule has 0 bridgehead atoms. The molecule has 0 spiro atoms. The Labute approximate surface area is 186 Å². The lowest BCUT2D eigenvalue weighted by atomic mass is 10.0. The standard InChI is InChI=1S/C23H15BrN2O5/c24-21-12-16(11-19(13-25)17-6-8-20(9-7-17)26(29)30)3-10-22(21)31-14-15-1-4-18(5-2-15)23(27)28/h1-12H,14H2,(H,27,28)/b19-11+. The van der Waals surface area contributed by atoms with E-state index in [0.29, 0.717) is 21.4 Å². The first kappa shape index (κ1) is 21.7. The zero-order valence-corrected chi connectivity index (χ0v) is 17.6. The van der Waals surface area contributed by atoms with Crippen LogP contribution in [0.4, 0.5) is 5.69 Å². The van der Waals surface area contributed by atoms with Gasteiger partial charge in [-0.25, -0.2) is 4.79 Å². The molecular formula is C23H15BrN2O5. The van der Waals surface area contributed by atoms with Crippen LogP contribution in [0, 0.1) is 21.4 Å². The second-order valence-corrected chi connectivity index (χ2v) is 7.31. The smallest absolute Gasteiger partial charge is 0.335 e. The summed E-state index contributed by atoms with van der Waals surface area (Å²) in [6.45, 7) is 0.264. The van der Waals surface area contributed by atoms with E-state index in [1.165, 1.54) is 36.4 Å². The Morgan fingerprint density at radius 2 is 1.74 bits per heavy atom. The van der Waals surface area contributed by atoms with Gasteiger partial charge < -0.3 is 9.84 Å². The number of carboxylic acids is 1. The summed E-state index contributed by atoms with van der Waals surface area (Å²) in [5.74, 6) is -0.391. The number of hydrogen-bond donors (Lipinski definition) is 1. The van der Waals surface area contributed by atoms with Crippen LogP contribution < -0.4 is 4.74 Å². The zero-order valence-electron chi connectivity index (χ0n) is 16.0. The van der Waals surface area contributed by atoms with E-state index in [9.17, 15) is 20.2 Å². The molecule has 0 radical (unpaired) electrons. The largest absolute Gasteiger partial charge is 0.488 e. The lowest BCUT2D eigenvalue weighted by Gasteiger charge is -2.09. The number of nitro groups is 1. The average Bonchev–Trinajstić information content (AvgIpc) is 2.77. The van der Waals surface area contributed by atoms with Crippen LogP contribution >= 0.6 is 15.9 Å². The Morgan fingerprint density at radius 3 is 2.29 bits per heavy atom. The fraction of sp³-hybridized carbons (Fsp3) is 0.0435. The second-order valence-electron chi connectivity index (χ2n) is 6.45. The monoisotopic (exact) mass is 478 g/mol. The SMILES string of the molecule is N#C/C(=C\c1ccc(OCc2ccc(C(=O)O)cc2)c(Br)c1)c1ccc([N+](=O)[O-])cc1. The Bertz CT molecular complexity index is 1200. The molecule has 0 saturated heterocycles. The third-order valence-corrected chi connectivity index (χ3v) is 4.99. The minimum atomic E-state index is -0.982. The Balaban J connectivity index is 1.73. The molecule has 0 unspecified atom stereocenters. The van der Waals surface area contributed by atoms with Crippen molar-refractivity contribution in [3.63, 3.8) is 0 Å². The molecule has 0 saturated carbocycles. The van der Waals surface area contributed by atoms with Crippen molar-refractivity contribution >= 4 is 39.2 Å². The van der Waals surface area contributed by atoms with E-state index in [4.69, 9.17) is 9.84 Å². The van der Waals surface area contributed by atoms with Crippen LogP contribution in [0.3, 0.4) is 0 Å². The number of hydrogen-bond acceptors (Lipinski definition) is 5. The first-order valence-electron chi connectivity index (χ1n) is 8.98. The minimum Gasteiger partial charge on any atom is -0.488 e. The number of rotatable bonds is 7. The molecule has 8 heteroatoms. The molecule has 0 atom stereocenters. The fourth-order valence-corrected chi connectivity index (χ4v) is 3.25. The van der Waals surface area contributed by atoms with Gasteiger partial charge in [0.25, 0.3) is 5.69 Å². The number of aromatic carboxylic acids is 1. The normalized spacial score (nSPS) is 10.9. The summed E-state index contributed by atoms with van der Waals surface area (Å²) in [4.78, 5) is 21.2. The van der Waals surface area contributed by atoms with Gasteiger partial charge in [-0.1, -0.05) is 18.2 Å². The molecule has 0 heterocycles. The van der Waals surface area contributed by atoms with Crippen molar-refractivity contribution in [1.29, 1.82) is 5.26 Å². The van der Waals surface area contributed by atoms with Crippen LogP contribution in [-0.4, -0.2) is 16.0 Å². The summed E-state index contributed by atoms with van der Waals surface area (Å²) in [6.07, 6.45) is 1.68. The first-order valence-corrected chi connectivity index (χ1v) is 9.78. The van der Waals surface area contributed by atoms with Gasteiger partial charge in [-0.2, -0.15) is 5.26 Å². The summed E-state index contributed by atoms with van der Waals surface area (Å²) in [5, 5.41) is 29.2. The van der Waals surface area contributed by atoms with Crippen LogP contribution in [0.25, 0.3) is 11.6 Å². The highest BCUT2D eigenvalue weighted by atomic mass is 79.9. The Kier molecular flexibility index (Phi) is 6.80. The van der Waals surface area contributed by atoms with Gasteiger partial charge in [-0.3, -0.25) is 10.1 Å². The molecule has 3 aromatic carbocycles. The maximum Gasteiger partial charge on any atom is 0.335 e. The van der Waals surface area contributed by atoms with E-state index in [0.717, 1.165) is 11.1 Å². The van der Waals surface area contributed by atoms with Crippen molar-refractivity contribution in [2.24, 2.45) is 0 Å². The van der Waals surface area contributed by atoms with Crippen molar-refractivity contribution in [2.45, 2.75) is 6.61 Å². The molecule has 0 aliphatic carbocycles. The van der Waals surface area contributed by atoms with Crippen molar-refractivity contribution in [2.75, 3.05) is 0 Å². The van der Waals surface area contributed by atoms with E-state index in [1.54, 1.807) is 36.4 Å². The van der Waals surface area contributed by atoms with Gasteiger partial charge in [0.1, 0.15) is 12.4 Å². The third kappa shape index (κ3) is 5.56. The number of halogens is 1. The number of nitro benzene ring substituents is 1. The predicted octanol–water partition coefficient (Wildman–Crippen LogP) is 5.70. The number of carbonyl (C=O) groups is 1. The molecule has 154 valence electrons. The molecular weight excluding hydrogens is 464 g/mol. The molecule has 0 aliphatic heterocycles. The maximum atomic E-state index is 10.9. The molecule has 7 nitrogen and oxygen atoms in total. The summed E-state index contributed by atoms with van der Waals surface area (Å²) in [6, 6.07) is 19.7. The number of benzene rings is 3. The summed E-state index contributed by atoms with van der Waals surface area (Å²) < 4.78 is 6.47. The van der Waals surface area contributed by atoms with E-state index in [2.05, 4.69) is 22.0 Å². The van der Waals surface area contributed by atoms with Gasteiger partial charge in [-0.05, 0) is 75.1 Å². The highest BCUT2D eigenvalue weighted by Crippen LogP contribution is 2.29. The van der Waals surface area contributed by atoms with E-state index >= 15 is 0 Å². The summed E-state index contributed by atoms with van der Waals surface area (Å²) in [5.41, 5.74) is 2.69. The molecule has 31 heavy (non-hydrogen) atoms. The van der Waals surface area contributed by atoms with Crippen molar-refractivity contribution in [1.82, 2.24) is 0 Å². The van der Waals surface area contributed by atoms with E-state index in [1.807, 2.05) is 0 Å². The van der Waals surface area contributed by atoms with Gasteiger partial charge in [0.05, 0.1) is 26.6 Å². The fourth-order valence-electron chi connectivity index (χ4n) is 2.74. The topological polar surface area (TPSA) is 113 Å². The number of carboxylic acid groups (broad SMARTS) is 1. The van der Waals surface area contributed by atoms with Gasteiger partial charge in [0.15, 0.2) is 0 Å². The molecule has 0 aliphatic rings. The number of ether oxygens (including phenoxy) is 1. The average molecular weight is 479 g/mol. The van der Waals surface area contributed by atoms with Crippen LogP contribution in [0.5, 0.6) is 5.75 Å². The van der Waals surface area contributed by atoms with Crippen molar-refractivity contribution in [3.8, 4) is 11.8 Å². The van der Waals surface area contributed by atoms with E-state index in [-0.39, 0.29) is 17.9 Å². The van der Waals surface area contributed by atoms with Crippen molar-refractivity contribution in [3.05, 3.63) is 104 Å². The second kappa shape index (κ2) is 9.69. The van der Waals surface area contributed by atoms with Gasteiger partial charge in [-0.15, -0.1) is 0 Å². The maximum absolute atomic E-state index is 10.9. The molecule has 0 aromatic heterocycles. The van der Waals surface area contributed by atoms with Crippen LogP contribution in [0.1, 0.15) is 27.0 Å². The van der Waals surface area contributed by atoms with Crippen molar-refractivity contribution < 1.29 is 19.6 Å². The molecule has 0 amide bonds. The minimum absolute atomic E-state index is 0.0390. The summed E-state index contributed by atoms with van der Waals surface area (Å²) >= 11 is 3.46. The molecule has 3 rings (SSSR count). The lowest BCUT2D eigenvalue weighted by molar-refractivity contribution is -0.384. The van der Waals surface area contributed by atoms with Crippen LogP contribution in [0.2, 0.25) is 0 Å². The predicted molar refractivity (Wildman–Crippen MR) is 118 cm³/mol. The number of nitrogens with zero attached hydrogens (tertiary/aromatic N) is 2. The van der Waals surface area contributed by atoms with Gasteiger partial charge in [0.2, 0.25) is 0 Å². The number of non-ortho nitro benzene ring substituents is 1. The highest BCUT2D eigenvalue weighted by Gasteiger charge is 2.09. The quantitative estimate of drug-likeness (QED) is 0.201. The summed E-state index contributed by atoms with van der Waals surface area (Å²) in [7, 11) is 0. The molecule has 1 N–H and O–H groups in total. The highest BCUT2D eigenvalue weighted by molar-refractivity contribution is 9.10. The molecule has 0 fully saturated rings. The lowest BCUT2D eigenvalue weighted by Crippen LogP contribution is -1.99. The van der Waals surface area contributed by atoms with Gasteiger partial charge in [0, 0.05) is 12.1 Å². The van der Waals surface area contributed by atoms with E-state index < -0.39 is 10.9 Å². The number of nitriles is 1. The Hall–Kier alpha value is -3.96.